The smallest absolute Gasteiger partial charge is 0.394 e. The number of phosphoric acid groups is 1. The van der Waals surface area contributed by atoms with E-state index in [0.717, 1.165) is 0 Å². The molecule has 7 atom stereocenters. The molecular weight excluding hydrogens is 343 g/mol. The fraction of sp³-hybridized carbons (Fsp3) is 1.00. The van der Waals surface area contributed by atoms with Gasteiger partial charge >= 0.3 is 7.82 Å². The van der Waals surface area contributed by atoms with Crippen LogP contribution in [-0.4, -0.2) is 108 Å². The summed E-state index contributed by atoms with van der Waals surface area (Å²) in [5.74, 6) is 0. The maximum atomic E-state index is 10.8. The van der Waals surface area contributed by atoms with E-state index in [0.29, 0.717) is 0 Å². The van der Waals surface area contributed by atoms with E-state index in [2.05, 4.69) is 4.52 Å². The molecule has 23 heavy (non-hydrogen) atoms. The van der Waals surface area contributed by atoms with Crippen LogP contribution in [0, 0.1) is 0 Å². The van der Waals surface area contributed by atoms with Crippen molar-refractivity contribution in [1.29, 1.82) is 0 Å². The number of rotatable bonds is 8. The second-order valence-corrected chi connectivity index (χ2v) is 6.45. The predicted molar refractivity (Wildman–Crippen MR) is 69.8 cm³/mol. The van der Waals surface area contributed by atoms with Crippen LogP contribution in [-0.2, 0) is 13.8 Å². The van der Waals surface area contributed by atoms with E-state index in [1.807, 2.05) is 0 Å². The minimum Gasteiger partial charge on any atom is -0.394 e. The summed E-state index contributed by atoms with van der Waals surface area (Å²) >= 11 is 0. The SMILES string of the molecule is O=P(O)(O)OC[C@@](O)(C1O[C@H](CO)[C@@H](O)[C@H]1O)[C@H](O)[C@H](O)CO. The highest BCUT2D eigenvalue weighted by Crippen LogP contribution is 2.40. The van der Waals surface area contributed by atoms with Gasteiger partial charge in [0.15, 0.2) is 0 Å². The molecule has 0 saturated carbocycles. The first kappa shape index (κ1) is 20.8. The lowest BCUT2D eigenvalue weighted by atomic mass is 9.84. The molecule has 0 aromatic carbocycles. The van der Waals surface area contributed by atoms with Gasteiger partial charge in [-0.05, 0) is 0 Å². The van der Waals surface area contributed by atoms with Crippen LogP contribution in [0.1, 0.15) is 0 Å². The highest BCUT2D eigenvalue weighted by atomic mass is 31.2. The van der Waals surface area contributed by atoms with Crippen LogP contribution in [0.5, 0.6) is 0 Å². The van der Waals surface area contributed by atoms with E-state index in [1.165, 1.54) is 0 Å². The fourth-order valence-corrected chi connectivity index (χ4v) is 2.64. The monoisotopic (exact) mass is 364 g/mol. The first-order valence-electron chi connectivity index (χ1n) is 6.49. The Balaban J connectivity index is 3.10. The van der Waals surface area contributed by atoms with E-state index >= 15 is 0 Å². The van der Waals surface area contributed by atoms with Gasteiger partial charge in [-0.15, -0.1) is 0 Å². The average molecular weight is 364 g/mol. The van der Waals surface area contributed by atoms with Crippen molar-refractivity contribution >= 4 is 7.82 Å². The second-order valence-electron chi connectivity index (χ2n) is 5.21. The summed E-state index contributed by atoms with van der Waals surface area (Å²) < 4.78 is 19.9. The molecule has 1 fully saturated rings. The molecule has 0 spiro atoms. The van der Waals surface area contributed by atoms with Gasteiger partial charge in [0.25, 0.3) is 0 Å². The first-order valence-corrected chi connectivity index (χ1v) is 8.03. The molecular formula is C10H21O12P. The van der Waals surface area contributed by atoms with Crippen LogP contribution in [0.4, 0.5) is 0 Å². The van der Waals surface area contributed by atoms with Gasteiger partial charge in [-0.3, -0.25) is 4.52 Å². The van der Waals surface area contributed by atoms with Crippen LogP contribution < -0.4 is 0 Å². The quantitative estimate of drug-likeness (QED) is 0.185. The molecule has 1 unspecified atom stereocenters. The van der Waals surface area contributed by atoms with Crippen LogP contribution in [0.15, 0.2) is 0 Å². The molecule has 1 aliphatic heterocycles. The Morgan fingerprint density at radius 3 is 2.13 bits per heavy atom. The summed E-state index contributed by atoms with van der Waals surface area (Å²) in [5, 5.41) is 67.3. The zero-order valence-electron chi connectivity index (χ0n) is 11.8. The van der Waals surface area contributed by atoms with E-state index in [1.54, 1.807) is 0 Å². The minimum atomic E-state index is -5.10. The van der Waals surface area contributed by atoms with E-state index in [4.69, 9.17) is 24.7 Å². The maximum Gasteiger partial charge on any atom is 0.469 e. The largest absolute Gasteiger partial charge is 0.469 e. The number of aliphatic hydroxyl groups is 7. The van der Waals surface area contributed by atoms with Crippen LogP contribution in [0.2, 0.25) is 0 Å². The summed E-state index contributed by atoms with van der Waals surface area (Å²) in [6.07, 6.45) is -11.0. The normalized spacial score (nSPS) is 34.1. The average Bonchev–Trinajstić information content (AvgIpc) is 2.78. The zero-order chi connectivity index (χ0) is 18.0. The second kappa shape index (κ2) is 7.78. The van der Waals surface area contributed by atoms with Crippen molar-refractivity contribution in [1.82, 2.24) is 0 Å². The van der Waals surface area contributed by atoms with Gasteiger partial charge < -0.3 is 50.3 Å². The standard InChI is InChI=1S/C10H21O12P/c11-1-4(13)8(16)10(17,3-21-23(18,19)20)9-7(15)6(14)5(2-12)22-9/h4-9,11-17H,1-3H2,(H2,18,19,20)/t4-,5-,6-,7-,8-,9?,10+/m1/s1. The molecule has 1 aliphatic rings. The highest BCUT2D eigenvalue weighted by molar-refractivity contribution is 7.46. The molecule has 1 heterocycles. The van der Waals surface area contributed by atoms with E-state index in [-0.39, 0.29) is 0 Å². The van der Waals surface area contributed by atoms with Crippen LogP contribution in [0.25, 0.3) is 0 Å². The van der Waals surface area contributed by atoms with Crippen LogP contribution >= 0.6 is 7.82 Å². The Bertz CT molecular complexity index is 428. The molecule has 0 aromatic rings. The number of hydrogen-bond acceptors (Lipinski definition) is 10. The molecule has 0 radical (unpaired) electrons. The van der Waals surface area contributed by atoms with Gasteiger partial charge in [0.2, 0.25) is 0 Å². The number of phosphoric ester groups is 1. The maximum absolute atomic E-state index is 10.8. The van der Waals surface area contributed by atoms with Gasteiger partial charge in [-0.2, -0.15) is 0 Å². The molecule has 1 saturated heterocycles. The number of aliphatic hydroxyl groups excluding tert-OH is 6. The minimum absolute atomic E-state index is 0.761. The lowest BCUT2D eigenvalue weighted by Crippen LogP contribution is -2.63. The van der Waals surface area contributed by atoms with Gasteiger partial charge in [0.05, 0.1) is 19.8 Å². The lowest BCUT2D eigenvalue weighted by molar-refractivity contribution is -0.219. The zero-order valence-corrected chi connectivity index (χ0v) is 12.7. The Morgan fingerprint density at radius 1 is 1.17 bits per heavy atom. The van der Waals surface area contributed by atoms with E-state index < -0.39 is 69.9 Å². The molecule has 1 rings (SSSR count). The Hall–Kier alpha value is -0.210. The molecule has 9 N–H and O–H groups in total. The number of ether oxygens (including phenoxy) is 1. The summed E-state index contributed by atoms with van der Waals surface area (Å²) in [5.41, 5.74) is -2.81. The Morgan fingerprint density at radius 2 is 1.74 bits per heavy atom. The highest BCUT2D eigenvalue weighted by Gasteiger charge is 2.57. The first-order chi connectivity index (χ1) is 10.5. The molecule has 138 valence electrons. The molecule has 12 nitrogen and oxygen atoms in total. The molecule has 0 amide bonds. The van der Waals surface area contributed by atoms with Crippen molar-refractivity contribution in [3.05, 3.63) is 0 Å². The summed E-state index contributed by atoms with van der Waals surface area (Å²) in [7, 11) is -5.10. The van der Waals surface area contributed by atoms with E-state index in [9.17, 15) is 30.1 Å². The van der Waals surface area contributed by atoms with Crippen molar-refractivity contribution in [3.8, 4) is 0 Å². The summed E-state index contributed by atoms with van der Waals surface area (Å²) in [6.45, 7) is -3.10. The molecule has 0 aliphatic carbocycles. The predicted octanol–water partition coefficient (Wildman–Crippen LogP) is -4.98. The van der Waals surface area contributed by atoms with Gasteiger partial charge in [0, 0.05) is 0 Å². The lowest BCUT2D eigenvalue weighted by Gasteiger charge is -2.39. The van der Waals surface area contributed by atoms with Gasteiger partial charge in [-0.25, -0.2) is 4.57 Å². The third kappa shape index (κ3) is 4.66. The van der Waals surface area contributed by atoms with Crippen molar-refractivity contribution in [2.24, 2.45) is 0 Å². The topological polar surface area (TPSA) is 218 Å². The van der Waals surface area contributed by atoms with Crippen molar-refractivity contribution in [3.63, 3.8) is 0 Å². The summed E-state index contributed by atoms with van der Waals surface area (Å²) in [6, 6.07) is 0. The molecule has 0 aromatic heterocycles. The third-order valence-electron chi connectivity index (χ3n) is 3.56. The Kier molecular flexibility index (Phi) is 7.05. The van der Waals surface area contributed by atoms with Crippen molar-refractivity contribution < 1.29 is 59.4 Å². The molecule has 13 heteroatoms. The van der Waals surface area contributed by atoms with Crippen LogP contribution in [0.3, 0.4) is 0 Å². The third-order valence-corrected chi connectivity index (χ3v) is 4.03. The van der Waals surface area contributed by atoms with Crippen molar-refractivity contribution in [2.75, 3.05) is 19.8 Å². The fourth-order valence-electron chi connectivity index (χ4n) is 2.27. The number of hydrogen-bond donors (Lipinski definition) is 9. The van der Waals surface area contributed by atoms with Gasteiger partial charge in [-0.1, -0.05) is 0 Å². The van der Waals surface area contributed by atoms with Gasteiger partial charge in [0.1, 0.15) is 42.2 Å². The summed E-state index contributed by atoms with van der Waals surface area (Å²) in [4.78, 5) is 17.4. The van der Waals surface area contributed by atoms with Crippen molar-refractivity contribution in [2.45, 2.75) is 42.2 Å². The molecule has 0 bridgehead atoms. The Labute approximate surface area is 130 Å².